The number of hydrogen-bond acceptors (Lipinski definition) is 8. The van der Waals surface area contributed by atoms with Crippen LogP contribution in [0.1, 0.15) is 52.1 Å². The second-order valence-electron chi connectivity index (χ2n) is 9.21. The Morgan fingerprint density at radius 3 is 2.55 bits per heavy atom. The zero-order valence-electron chi connectivity index (χ0n) is 21.9. The van der Waals surface area contributed by atoms with E-state index in [9.17, 15) is 4.79 Å². The van der Waals surface area contributed by atoms with E-state index in [1.54, 1.807) is 11.3 Å². The van der Waals surface area contributed by atoms with Crippen LogP contribution >= 0.6 is 11.3 Å². The number of benzene rings is 2. The number of carbonyl (C=O) groups is 1. The van der Waals surface area contributed by atoms with Crippen LogP contribution in [0.25, 0.3) is 16.1 Å². The van der Waals surface area contributed by atoms with Crippen LogP contribution in [0.3, 0.4) is 0 Å². The smallest absolute Gasteiger partial charge is 0.308 e. The number of aliphatic imine (C=N–C) groups is 1. The molecule has 0 unspecified atom stereocenters. The van der Waals surface area contributed by atoms with Crippen LogP contribution in [0.15, 0.2) is 53.5 Å². The summed E-state index contributed by atoms with van der Waals surface area (Å²) in [6.45, 7) is 6.71. The van der Waals surface area contributed by atoms with Gasteiger partial charge in [0.15, 0.2) is 5.82 Å². The van der Waals surface area contributed by atoms with Crippen LogP contribution in [-0.4, -0.2) is 51.9 Å². The number of methoxy groups -OCH3 is 1. The molecular weight excluding hydrogens is 500 g/mol. The van der Waals surface area contributed by atoms with E-state index in [-0.39, 0.29) is 19.0 Å². The molecule has 196 valence electrons. The fourth-order valence-corrected chi connectivity index (χ4v) is 5.82. The van der Waals surface area contributed by atoms with Gasteiger partial charge in [-0.05, 0) is 49.6 Å². The predicted molar refractivity (Wildman–Crippen MR) is 148 cm³/mol. The molecular formula is C29H30N4O4S. The van der Waals surface area contributed by atoms with E-state index in [4.69, 9.17) is 19.6 Å². The average Bonchev–Trinajstić information content (AvgIpc) is 3.41. The second-order valence-corrected chi connectivity index (χ2v) is 10.4. The third-order valence-electron chi connectivity index (χ3n) is 6.72. The van der Waals surface area contributed by atoms with Crippen LogP contribution < -0.4 is 4.74 Å². The SMILES string of the molecule is COC(=O)C[C@@H]1N=C(c2ccc(-c3cccc(OCCCO)c3)cc2)c2c(sc(C)c2C)-n2c(C)nnc21. The number of esters is 1. The summed E-state index contributed by atoms with van der Waals surface area (Å²) in [6.07, 6.45) is 0.670. The quantitative estimate of drug-likeness (QED) is 0.250. The van der Waals surface area contributed by atoms with Crippen molar-refractivity contribution in [2.75, 3.05) is 20.3 Å². The highest BCUT2D eigenvalue weighted by Gasteiger charge is 2.32. The summed E-state index contributed by atoms with van der Waals surface area (Å²) in [5.41, 5.74) is 6.06. The van der Waals surface area contributed by atoms with Gasteiger partial charge in [-0.25, -0.2) is 0 Å². The van der Waals surface area contributed by atoms with Crippen LogP contribution in [0.2, 0.25) is 0 Å². The van der Waals surface area contributed by atoms with Crippen LogP contribution in [-0.2, 0) is 9.53 Å². The molecule has 1 atom stereocenters. The predicted octanol–water partition coefficient (Wildman–Crippen LogP) is 5.14. The molecule has 8 nitrogen and oxygen atoms in total. The molecule has 0 saturated carbocycles. The van der Waals surface area contributed by atoms with Crippen molar-refractivity contribution in [3.8, 4) is 21.9 Å². The minimum Gasteiger partial charge on any atom is -0.493 e. The number of fused-ring (bicyclic) bond motifs is 3. The lowest BCUT2D eigenvalue weighted by Crippen LogP contribution is -2.12. The maximum atomic E-state index is 12.3. The largest absolute Gasteiger partial charge is 0.493 e. The number of aliphatic hydroxyl groups excluding tert-OH is 1. The average molecular weight is 531 g/mol. The first kappa shape index (κ1) is 25.8. The van der Waals surface area contributed by atoms with Crippen LogP contribution in [0.4, 0.5) is 0 Å². The zero-order valence-corrected chi connectivity index (χ0v) is 22.7. The molecule has 1 aliphatic rings. The Labute approximate surface area is 225 Å². The van der Waals surface area contributed by atoms with Gasteiger partial charge < -0.3 is 14.6 Å². The molecule has 0 fully saturated rings. The van der Waals surface area contributed by atoms with E-state index >= 15 is 0 Å². The Morgan fingerprint density at radius 2 is 1.82 bits per heavy atom. The van der Waals surface area contributed by atoms with Gasteiger partial charge in [-0.1, -0.05) is 36.4 Å². The first-order valence-electron chi connectivity index (χ1n) is 12.5. The lowest BCUT2D eigenvalue weighted by Gasteiger charge is -2.12. The maximum absolute atomic E-state index is 12.3. The molecule has 0 spiro atoms. The van der Waals surface area contributed by atoms with Gasteiger partial charge in [-0.3, -0.25) is 14.4 Å². The molecule has 2 aromatic carbocycles. The summed E-state index contributed by atoms with van der Waals surface area (Å²) in [4.78, 5) is 18.6. The van der Waals surface area contributed by atoms with Gasteiger partial charge in [0.25, 0.3) is 0 Å². The number of carbonyl (C=O) groups excluding carboxylic acids is 1. The van der Waals surface area contributed by atoms with Crippen molar-refractivity contribution < 1.29 is 19.4 Å². The molecule has 0 radical (unpaired) electrons. The number of nitrogens with zero attached hydrogens (tertiary/aromatic N) is 4. The highest BCUT2D eigenvalue weighted by molar-refractivity contribution is 7.15. The Bertz CT molecular complexity index is 1500. The van der Waals surface area contributed by atoms with E-state index in [1.165, 1.54) is 12.0 Å². The molecule has 1 N–H and O–H groups in total. The van der Waals surface area contributed by atoms with Crippen LogP contribution in [0.5, 0.6) is 5.75 Å². The molecule has 0 aliphatic carbocycles. The number of ether oxygens (including phenoxy) is 2. The monoisotopic (exact) mass is 530 g/mol. The maximum Gasteiger partial charge on any atom is 0.308 e. The highest BCUT2D eigenvalue weighted by Crippen LogP contribution is 2.39. The lowest BCUT2D eigenvalue weighted by molar-refractivity contribution is -0.141. The zero-order chi connectivity index (χ0) is 26.8. The molecule has 0 bridgehead atoms. The molecule has 38 heavy (non-hydrogen) atoms. The van der Waals surface area contributed by atoms with Gasteiger partial charge >= 0.3 is 5.97 Å². The van der Waals surface area contributed by atoms with Crippen molar-refractivity contribution in [3.63, 3.8) is 0 Å². The van der Waals surface area contributed by atoms with Gasteiger partial charge in [-0.2, -0.15) is 0 Å². The number of aromatic nitrogens is 3. The summed E-state index contributed by atoms with van der Waals surface area (Å²) in [5, 5.41) is 18.8. The van der Waals surface area contributed by atoms with Gasteiger partial charge in [0.05, 0.1) is 25.8 Å². The molecule has 5 rings (SSSR count). The van der Waals surface area contributed by atoms with E-state index in [0.717, 1.165) is 50.1 Å². The molecule has 0 saturated heterocycles. The van der Waals surface area contributed by atoms with Crippen molar-refractivity contribution in [2.24, 2.45) is 4.99 Å². The van der Waals surface area contributed by atoms with Gasteiger partial charge in [0.1, 0.15) is 22.6 Å². The highest BCUT2D eigenvalue weighted by atomic mass is 32.1. The summed E-state index contributed by atoms with van der Waals surface area (Å²) in [5.74, 6) is 1.82. The molecule has 3 heterocycles. The van der Waals surface area contributed by atoms with Gasteiger partial charge in [0, 0.05) is 29.0 Å². The fourth-order valence-electron chi connectivity index (χ4n) is 4.61. The Balaban J connectivity index is 1.57. The van der Waals surface area contributed by atoms with Crippen molar-refractivity contribution in [1.29, 1.82) is 0 Å². The molecule has 2 aromatic heterocycles. The Kier molecular flexibility index (Phi) is 7.40. The Morgan fingerprint density at radius 1 is 1.05 bits per heavy atom. The van der Waals surface area contributed by atoms with Gasteiger partial charge in [0.2, 0.25) is 0 Å². The van der Waals surface area contributed by atoms with E-state index in [1.807, 2.05) is 35.8 Å². The number of rotatable bonds is 8. The topological polar surface area (TPSA) is 98.8 Å². The van der Waals surface area contributed by atoms with E-state index in [0.29, 0.717) is 18.9 Å². The minimum atomic E-state index is -0.523. The van der Waals surface area contributed by atoms with Crippen molar-refractivity contribution in [1.82, 2.24) is 14.8 Å². The first-order chi connectivity index (χ1) is 18.4. The first-order valence-corrected chi connectivity index (χ1v) is 13.3. The number of aliphatic hydroxyl groups is 1. The van der Waals surface area contributed by atoms with Crippen molar-refractivity contribution >= 4 is 23.0 Å². The van der Waals surface area contributed by atoms with E-state index in [2.05, 4.69) is 48.3 Å². The number of aryl methyl sites for hydroxylation is 2. The number of thiophene rings is 1. The normalized spacial score (nSPS) is 14.3. The Hall–Kier alpha value is -3.82. The summed E-state index contributed by atoms with van der Waals surface area (Å²) >= 11 is 1.68. The second kappa shape index (κ2) is 10.9. The van der Waals surface area contributed by atoms with Crippen molar-refractivity contribution in [3.05, 3.63) is 81.7 Å². The summed E-state index contributed by atoms with van der Waals surface area (Å²) < 4.78 is 12.8. The minimum absolute atomic E-state index is 0.0757. The molecule has 9 heteroatoms. The van der Waals surface area contributed by atoms with Gasteiger partial charge in [-0.15, -0.1) is 21.5 Å². The summed E-state index contributed by atoms with van der Waals surface area (Å²) in [6, 6.07) is 15.7. The standard InChI is InChI=1S/C29H30N4O4S/c1-17-18(2)38-29-26(17)27(30-24(16-25(35)36-4)28-32-31-19(3)33(28)29)21-11-9-20(10-12-21)22-7-5-8-23(15-22)37-14-6-13-34/h5,7-12,15,24,34H,6,13-14,16H2,1-4H3/t24-/m0/s1. The third kappa shape index (κ3) is 4.87. The molecule has 4 aromatic rings. The van der Waals surface area contributed by atoms with Crippen LogP contribution in [0, 0.1) is 20.8 Å². The molecule has 0 amide bonds. The van der Waals surface area contributed by atoms with Crippen molar-refractivity contribution in [2.45, 2.75) is 39.7 Å². The summed E-state index contributed by atoms with van der Waals surface area (Å²) in [7, 11) is 1.38. The number of hydrogen-bond donors (Lipinski definition) is 1. The third-order valence-corrected chi connectivity index (χ3v) is 7.92. The van der Waals surface area contributed by atoms with E-state index < -0.39 is 6.04 Å². The lowest BCUT2D eigenvalue weighted by atomic mass is 9.97. The molecule has 1 aliphatic heterocycles. The fraction of sp³-hybridized carbons (Fsp3) is 0.310.